The fraction of sp³-hybridized carbons (Fsp3) is 0.208. The number of alkyl halides is 2. The van der Waals surface area contributed by atoms with Gasteiger partial charge < -0.3 is 9.30 Å². The quantitative estimate of drug-likeness (QED) is 0.377. The first kappa shape index (κ1) is 20.5. The minimum atomic E-state index is -2.85. The number of halogens is 2. The molecule has 0 bridgehead atoms. The molecule has 0 amide bonds. The number of hydrogen-bond acceptors (Lipinski definition) is 5. The molecule has 4 aromatic rings. The molecule has 1 atom stereocenters. The number of thiazole rings is 1. The summed E-state index contributed by atoms with van der Waals surface area (Å²) >= 11 is 1.46. The van der Waals surface area contributed by atoms with Crippen LogP contribution in [-0.2, 0) is 11.2 Å². The summed E-state index contributed by atoms with van der Waals surface area (Å²) in [7, 11) is 0. The van der Waals surface area contributed by atoms with E-state index in [1.54, 1.807) is 35.0 Å². The number of ketones is 2. The molecule has 0 radical (unpaired) electrons. The molecule has 0 saturated carbocycles. The molecule has 2 aromatic heterocycles. The van der Waals surface area contributed by atoms with Gasteiger partial charge in [0.1, 0.15) is 10.8 Å². The first-order valence-electron chi connectivity index (χ1n) is 10.2. The van der Waals surface area contributed by atoms with Gasteiger partial charge in [-0.05, 0) is 53.9 Å². The van der Waals surface area contributed by atoms with Gasteiger partial charge in [-0.3, -0.25) is 9.59 Å². The Labute approximate surface area is 186 Å². The molecule has 0 fully saturated rings. The average molecular weight is 452 g/mol. The highest BCUT2D eigenvalue weighted by atomic mass is 32.1. The van der Waals surface area contributed by atoms with E-state index in [0.29, 0.717) is 18.5 Å². The Hall–Kier alpha value is -3.39. The fourth-order valence-corrected chi connectivity index (χ4v) is 5.09. The van der Waals surface area contributed by atoms with Crippen LogP contribution in [0.5, 0.6) is 5.75 Å². The van der Waals surface area contributed by atoms with E-state index in [2.05, 4.69) is 9.72 Å². The second-order valence-electron chi connectivity index (χ2n) is 7.61. The van der Waals surface area contributed by atoms with Crippen LogP contribution in [-0.4, -0.2) is 27.7 Å². The van der Waals surface area contributed by atoms with E-state index in [1.807, 2.05) is 18.2 Å². The van der Waals surface area contributed by atoms with Gasteiger partial charge in [0, 0.05) is 12.6 Å². The summed E-state index contributed by atoms with van der Waals surface area (Å²) < 4.78 is 31.8. The molecular formula is C24H18F2N2O3S. The molecule has 2 aromatic carbocycles. The van der Waals surface area contributed by atoms with Crippen molar-refractivity contribution < 1.29 is 23.1 Å². The largest absolute Gasteiger partial charge is 0.435 e. The zero-order valence-corrected chi connectivity index (χ0v) is 17.6. The summed E-state index contributed by atoms with van der Waals surface area (Å²) in [6, 6.07) is 15.5. The summed E-state index contributed by atoms with van der Waals surface area (Å²) in [4.78, 5) is 29.6. The predicted molar refractivity (Wildman–Crippen MR) is 117 cm³/mol. The van der Waals surface area contributed by atoms with E-state index in [4.69, 9.17) is 0 Å². The Morgan fingerprint density at radius 1 is 1.16 bits per heavy atom. The number of rotatable bonds is 6. The first-order valence-corrected chi connectivity index (χ1v) is 11.0. The molecule has 162 valence electrons. The van der Waals surface area contributed by atoms with Crippen molar-refractivity contribution in [3.05, 3.63) is 71.5 Å². The monoisotopic (exact) mass is 452 g/mol. The molecular weight excluding hydrogens is 434 g/mol. The Morgan fingerprint density at radius 3 is 2.72 bits per heavy atom. The molecule has 1 unspecified atom stereocenters. The molecule has 8 heteroatoms. The van der Waals surface area contributed by atoms with E-state index in [1.165, 1.54) is 23.5 Å². The minimum absolute atomic E-state index is 0.0452. The van der Waals surface area contributed by atoms with Crippen molar-refractivity contribution in [1.29, 1.82) is 0 Å². The number of fused-ring (bicyclic) bond motifs is 2. The summed E-state index contributed by atoms with van der Waals surface area (Å²) in [6.07, 6.45) is 2.90. The Bertz CT molecular complexity index is 1310. The van der Waals surface area contributed by atoms with E-state index in [9.17, 15) is 18.4 Å². The van der Waals surface area contributed by atoms with Crippen LogP contribution in [0.3, 0.4) is 0 Å². The topological polar surface area (TPSA) is 61.2 Å². The van der Waals surface area contributed by atoms with E-state index in [0.717, 1.165) is 26.4 Å². The maximum atomic E-state index is 13.0. The van der Waals surface area contributed by atoms with Crippen molar-refractivity contribution in [2.45, 2.75) is 31.9 Å². The second kappa shape index (κ2) is 8.27. The molecule has 5 rings (SSSR count). The fourth-order valence-electron chi connectivity index (χ4n) is 4.08. The van der Waals surface area contributed by atoms with Crippen molar-refractivity contribution in [2.24, 2.45) is 0 Å². The lowest BCUT2D eigenvalue weighted by molar-refractivity contribution is -0.121. The van der Waals surface area contributed by atoms with Crippen LogP contribution in [0.1, 0.15) is 34.4 Å². The van der Waals surface area contributed by atoms with Gasteiger partial charge in [0.25, 0.3) is 0 Å². The van der Waals surface area contributed by atoms with Crippen LogP contribution in [0.2, 0.25) is 0 Å². The van der Waals surface area contributed by atoms with E-state index in [-0.39, 0.29) is 29.8 Å². The molecule has 5 nitrogen and oxygen atoms in total. The number of hydrogen-bond donors (Lipinski definition) is 0. The molecule has 1 aliphatic rings. The van der Waals surface area contributed by atoms with Crippen LogP contribution < -0.4 is 4.74 Å². The standard InChI is InChI=1S/C24H18F2N2O3S/c25-24(26)31-16-6-3-14(4-7-16)15-5-8-17-22(12-15)32-23(27-17)13-21(30)19-9-10-20(29)18-2-1-11-28(18)19/h1-8,11-12,19,24H,9-10,13H2. The smallest absolute Gasteiger partial charge is 0.387 e. The maximum absolute atomic E-state index is 13.0. The van der Waals surface area contributed by atoms with Crippen molar-refractivity contribution in [1.82, 2.24) is 9.55 Å². The van der Waals surface area contributed by atoms with Gasteiger partial charge in [0.15, 0.2) is 11.6 Å². The number of carbonyl (C=O) groups excluding carboxylic acids is 2. The van der Waals surface area contributed by atoms with Gasteiger partial charge in [-0.1, -0.05) is 18.2 Å². The van der Waals surface area contributed by atoms with Crippen molar-refractivity contribution in [3.63, 3.8) is 0 Å². The first-order chi connectivity index (χ1) is 15.5. The van der Waals surface area contributed by atoms with Crippen LogP contribution >= 0.6 is 11.3 Å². The van der Waals surface area contributed by atoms with Gasteiger partial charge >= 0.3 is 6.61 Å². The van der Waals surface area contributed by atoms with Gasteiger partial charge in [-0.15, -0.1) is 11.3 Å². The molecule has 32 heavy (non-hydrogen) atoms. The Balaban J connectivity index is 1.35. The van der Waals surface area contributed by atoms with Crippen LogP contribution in [0.4, 0.5) is 8.78 Å². The normalized spacial score (nSPS) is 15.8. The van der Waals surface area contributed by atoms with E-state index < -0.39 is 6.61 Å². The Kier molecular flexibility index (Phi) is 5.30. The zero-order chi connectivity index (χ0) is 22.2. The van der Waals surface area contributed by atoms with Crippen LogP contribution in [0.25, 0.3) is 21.3 Å². The lowest BCUT2D eigenvalue weighted by Gasteiger charge is -2.24. The van der Waals surface area contributed by atoms with Gasteiger partial charge in [-0.25, -0.2) is 4.98 Å². The number of carbonyl (C=O) groups is 2. The zero-order valence-electron chi connectivity index (χ0n) is 16.8. The van der Waals surface area contributed by atoms with Crippen molar-refractivity contribution in [2.75, 3.05) is 0 Å². The lowest BCUT2D eigenvalue weighted by atomic mass is 9.97. The number of Topliss-reactive ketones (excluding diaryl/α,β-unsaturated/α-hetero) is 2. The SMILES string of the molecule is O=C1CCC(C(=O)Cc2nc3ccc(-c4ccc(OC(F)F)cc4)cc3s2)n2cccc21. The molecule has 0 N–H and O–H groups in total. The molecule has 1 aliphatic heterocycles. The third-order valence-electron chi connectivity index (χ3n) is 5.59. The lowest BCUT2D eigenvalue weighted by Crippen LogP contribution is -2.28. The van der Waals surface area contributed by atoms with Gasteiger partial charge in [-0.2, -0.15) is 8.78 Å². The van der Waals surface area contributed by atoms with E-state index >= 15 is 0 Å². The number of benzene rings is 2. The highest BCUT2D eigenvalue weighted by Crippen LogP contribution is 2.32. The molecule has 0 spiro atoms. The maximum Gasteiger partial charge on any atom is 0.387 e. The third kappa shape index (κ3) is 3.93. The number of ether oxygens (including phenoxy) is 1. The van der Waals surface area contributed by atoms with Gasteiger partial charge in [0.2, 0.25) is 0 Å². The van der Waals surface area contributed by atoms with Crippen LogP contribution in [0, 0.1) is 0 Å². The number of aromatic nitrogens is 2. The summed E-state index contributed by atoms with van der Waals surface area (Å²) in [5.41, 5.74) is 3.19. The van der Waals surface area contributed by atoms with Crippen molar-refractivity contribution in [3.8, 4) is 16.9 Å². The Morgan fingerprint density at radius 2 is 1.94 bits per heavy atom. The van der Waals surface area contributed by atoms with Gasteiger partial charge in [0.05, 0.1) is 28.4 Å². The molecule has 0 aliphatic carbocycles. The minimum Gasteiger partial charge on any atom is -0.435 e. The highest BCUT2D eigenvalue weighted by molar-refractivity contribution is 7.18. The van der Waals surface area contributed by atoms with Crippen LogP contribution in [0.15, 0.2) is 60.8 Å². The number of nitrogens with zero attached hydrogens (tertiary/aromatic N) is 2. The second-order valence-corrected chi connectivity index (χ2v) is 8.73. The van der Waals surface area contributed by atoms with Crippen molar-refractivity contribution >= 4 is 33.1 Å². The molecule has 3 heterocycles. The average Bonchev–Trinajstić information content (AvgIpc) is 3.41. The molecule has 0 saturated heterocycles. The predicted octanol–water partition coefficient (Wildman–Crippen LogP) is 5.70. The third-order valence-corrected chi connectivity index (χ3v) is 6.61. The summed E-state index contributed by atoms with van der Waals surface area (Å²) in [5.74, 6) is 0.225. The summed E-state index contributed by atoms with van der Waals surface area (Å²) in [6.45, 7) is -2.85. The highest BCUT2D eigenvalue weighted by Gasteiger charge is 2.29. The summed E-state index contributed by atoms with van der Waals surface area (Å²) in [5, 5.41) is 0.730.